The van der Waals surface area contributed by atoms with Gasteiger partial charge in [-0.3, -0.25) is 30.1 Å². The Balaban J connectivity index is 1.19. The Morgan fingerprint density at radius 2 is 1.61 bits per heavy atom. The van der Waals surface area contributed by atoms with Gasteiger partial charge >= 0.3 is 5.97 Å². The number of ether oxygens (including phenoxy) is 2. The molecule has 0 spiro atoms. The number of thiocarbonyl (C=S) groups is 1. The summed E-state index contributed by atoms with van der Waals surface area (Å²) < 4.78 is 10.8. The van der Waals surface area contributed by atoms with Gasteiger partial charge in [-0.25, -0.2) is 4.79 Å². The molecule has 2 N–H and O–H groups in total. The predicted molar refractivity (Wildman–Crippen MR) is 160 cm³/mol. The molecule has 41 heavy (non-hydrogen) atoms. The van der Waals surface area contributed by atoms with Crippen molar-refractivity contribution in [2.45, 2.75) is 19.4 Å². The number of amides is 3. The molecule has 1 fully saturated rings. The summed E-state index contributed by atoms with van der Waals surface area (Å²) in [6.45, 7) is 0.674. The van der Waals surface area contributed by atoms with Gasteiger partial charge in [0.25, 0.3) is 11.8 Å². The first-order valence-electron chi connectivity index (χ1n) is 12.6. The number of carbonyl (C=O) groups excluding carboxylic acids is 4. The SMILES string of the molecule is COC(=O)c1ccc(C=C2SC(=S)N(CCCC(=O)NNC(=O)c3ccc(OCc4ccccc4)cc3)C2=O)cc1. The number of benzene rings is 3. The Labute approximate surface area is 246 Å². The third-order valence-electron chi connectivity index (χ3n) is 5.97. The number of rotatable bonds is 10. The van der Waals surface area contributed by atoms with Gasteiger partial charge in [-0.15, -0.1) is 0 Å². The zero-order valence-electron chi connectivity index (χ0n) is 22.1. The van der Waals surface area contributed by atoms with Crippen molar-refractivity contribution in [2.24, 2.45) is 0 Å². The van der Waals surface area contributed by atoms with Crippen LogP contribution in [0.3, 0.4) is 0 Å². The molecule has 1 aliphatic rings. The van der Waals surface area contributed by atoms with Crippen LogP contribution in [0.15, 0.2) is 83.8 Å². The first-order valence-corrected chi connectivity index (χ1v) is 13.9. The van der Waals surface area contributed by atoms with E-state index >= 15 is 0 Å². The van der Waals surface area contributed by atoms with E-state index in [0.29, 0.717) is 39.1 Å². The molecule has 0 saturated carbocycles. The van der Waals surface area contributed by atoms with Gasteiger partial charge < -0.3 is 9.47 Å². The van der Waals surface area contributed by atoms with E-state index in [1.54, 1.807) is 54.6 Å². The summed E-state index contributed by atoms with van der Waals surface area (Å²) in [4.78, 5) is 51.0. The van der Waals surface area contributed by atoms with Gasteiger partial charge in [0, 0.05) is 18.5 Å². The maximum Gasteiger partial charge on any atom is 0.337 e. The number of methoxy groups -OCH3 is 1. The molecule has 0 atom stereocenters. The minimum atomic E-state index is -0.463. The molecule has 1 saturated heterocycles. The Morgan fingerprint density at radius 3 is 2.29 bits per heavy atom. The topological polar surface area (TPSA) is 114 Å². The summed E-state index contributed by atoms with van der Waals surface area (Å²) in [5, 5.41) is 0. The summed E-state index contributed by atoms with van der Waals surface area (Å²) in [7, 11) is 1.31. The molecular formula is C30H27N3O6S2. The first kappa shape index (κ1) is 29.5. The lowest BCUT2D eigenvalue weighted by molar-refractivity contribution is -0.124. The van der Waals surface area contributed by atoms with E-state index in [9.17, 15) is 19.2 Å². The van der Waals surface area contributed by atoms with E-state index in [1.807, 2.05) is 30.3 Å². The van der Waals surface area contributed by atoms with Crippen LogP contribution < -0.4 is 15.6 Å². The van der Waals surface area contributed by atoms with Crippen molar-refractivity contribution in [3.05, 3.63) is 106 Å². The highest BCUT2D eigenvalue weighted by atomic mass is 32.2. The Morgan fingerprint density at radius 1 is 0.927 bits per heavy atom. The lowest BCUT2D eigenvalue weighted by atomic mass is 10.1. The average Bonchev–Trinajstić information content (AvgIpc) is 3.26. The summed E-state index contributed by atoms with van der Waals surface area (Å²) >= 11 is 6.53. The molecule has 0 unspecified atom stereocenters. The number of thioether (sulfide) groups is 1. The second kappa shape index (κ2) is 14.2. The third kappa shape index (κ3) is 8.26. The van der Waals surface area contributed by atoms with Crippen LogP contribution in [-0.2, 0) is 20.9 Å². The number of esters is 1. The fourth-order valence-electron chi connectivity index (χ4n) is 3.78. The van der Waals surface area contributed by atoms with Crippen molar-refractivity contribution in [1.82, 2.24) is 15.8 Å². The highest BCUT2D eigenvalue weighted by Crippen LogP contribution is 2.32. The maximum atomic E-state index is 12.8. The van der Waals surface area contributed by atoms with Crippen LogP contribution in [0.1, 0.15) is 44.7 Å². The van der Waals surface area contributed by atoms with E-state index in [1.165, 1.54) is 23.8 Å². The van der Waals surface area contributed by atoms with Crippen molar-refractivity contribution in [2.75, 3.05) is 13.7 Å². The molecule has 3 aromatic rings. The van der Waals surface area contributed by atoms with Crippen LogP contribution in [0.2, 0.25) is 0 Å². The van der Waals surface area contributed by atoms with Crippen molar-refractivity contribution in [1.29, 1.82) is 0 Å². The highest BCUT2D eigenvalue weighted by molar-refractivity contribution is 8.26. The predicted octanol–water partition coefficient (Wildman–Crippen LogP) is 4.49. The van der Waals surface area contributed by atoms with Gasteiger partial charge in [-0.2, -0.15) is 0 Å². The van der Waals surface area contributed by atoms with Gasteiger partial charge in [0.15, 0.2) is 0 Å². The number of hydrogen-bond donors (Lipinski definition) is 2. The van der Waals surface area contributed by atoms with E-state index < -0.39 is 17.8 Å². The van der Waals surface area contributed by atoms with Crippen molar-refractivity contribution >= 4 is 58.1 Å². The van der Waals surface area contributed by atoms with Crippen LogP contribution in [-0.4, -0.2) is 46.6 Å². The van der Waals surface area contributed by atoms with Crippen LogP contribution in [0.5, 0.6) is 5.75 Å². The normalized spacial score (nSPS) is 13.7. The molecule has 3 amide bonds. The number of nitrogens with one attached hydrogen (secondary N) is 2. The van der Waals surface area contributed by atoms with Crippen LogP contribution in [0.25, 0.3) is 6.08 Å². The summed E-state index contributed by atoms with van der Waals surface area (Å²) in [6, 6.07) is 23.0. The lowest BCUT2D eigenvalue weighted by Gasteiger charge is -2.14. The van der Waals surface area contributed by atoms with E-state index in [0.717, 1.165) is 11.1 Å². The molecule has 9 nitrogen and oxygen atoms in total. The standard InChI is InChI=1S/C30H27N3O6S2/c1-38-29(37)23-11-9-20(10-12-23)18-25-28(36)33(30(40)41-25)17-5-8-26(34)31-32-27(35)22-13-15-24(16-14-22)39-19-21-6-3-2-4-7-21/h2-4,6-7,9-16,18H,5,8,17,19H2,1H3,(H,31,34)(H,32,35). The van der Waals surface area contributed by atoms with Gasteiger partial charge in [0.1, 0.15) is 16.7 Å². The minimum Gasteiger partial charge on any atom is -0.489 e. The molecule has 0 aliphatic carbocycles. The zero-order chi connectivity index (χ0) is 29.2. The van der Waals surface area contributed by atoms with Crippen LogP contribution >= 0.6 is 24.0 Å². The van der Waals surface area contributed by atoms with Crippen LogP contribution in [0, 0.1) is 0 Å². The first-order chi connectivity index (χ1) is 19.8. The Hall–Kier alpha value is -4.48. The van der Waals surface area contributed by atoms with Crippen molar-refractivity contribution in [3.8, 4) is 5.75 Å². The molecule has 11 heteroatoms. The van der Waals surface area contributed by atoms with Crippen LogP contribution in [0.4, 0.5) is 0 Å². The zero-order valence-corrected chi connectivity index (χ0v) is 23.8. The number of hydrogen-bond acceptors (Lipinski definition) is 8. The number of hydrazine groups is 1. The van der Waals surface area contributed by atoms with E-state index in [2.05, 4.69) is 15.6 Å². The smallest absolute Gasteiger partial charge is 0.337 e. The largest absolute Gasteiger partial charge is 0.489 e. The van der Waals surface area contributed by atoms with Gasteiger partial charge in [0.2, 0.25) is 5.91 Å². The maximum absolute atomic E-state index is 12.8. The van der Waals surface area contributed by atoms with Gasteiger partial charge in [-0.05, 0) is 60.0 Å². The second-order valence-electron chi connectivity index (χ2n) is 8.85. The van der Waals surface area contributed by atoms with E-state index in [4.69, 9.17) is 17.0 Å². The summed E-state index contributed by atoms with van der Waals surface area (Å²) in [5.74, 6) is -0.925. The quantitative estimate of drug-likeness (QED) is 0.154. The number of carbonyl (C=O) groups is 4. The molecule has 0 bridgehead atoms. The van der Waals surface area contributed by atoms with E-state index in [-0.39, 0.29) is 18.9 Å². The molecule has 0 radical (unpaired) electrons. The Bertz CT molecular complexity index is 1460. The van der Waals surface area contributed by atoms with Crippen molar-refractivity contribution < 1.29 is 28.7 Å². The fraction of sp³-hybridized carbons (Fsp3) is 0.167. The molecule has 3 aromatic carbocycles. The molecular weight excluding hydrogens is 562 g/mol. The fourth-order valence-corrected chi connectivity index (χ4v) is 5.09. The van der Waals surface area contributed by atoms with Crippen molar-refractivity contribution in [3.63, 3.8) is 0 Å². The minimum absolute atomic E-state index is 0.0810. The second-order valence-corrected chi connectivity index (χ2v) is 10.5. The molecule has 1 aliphatic heterocycles. The average molecular weight is 590 g/mol. The number of nitrogens with zero attached hydrogens (tertiary/aromatic N) is 1. The summed E-state index contributed by atoms with van der Waals surface area (Å²) in [5.41, 5.74) is 7.33. The Kier molecular flexibility index (Phi) is 10.2. The highest BCUT2D eigenvalue weighted by Gasteiger charge is 2.31. The summed E-state index contributed by atoms with van der Waals surface area (Å²) in [6.07, 6.45) is 2.13. The molecule has 4 rings (SSSR count). The molecule has 1 heterocycles. The third-order valence-corrected chi connectivity index (χ3v) is 7.35. The van der Waals surface area contributed by atoms with Gasteiger partial charge in [-0.1, -0.05) is 66.4 Å². The molecule has 0 aromatic heterocycles. The lowest BCUT2D eigenvalue weighted by Crippen LogP contribution is -2.41. The monoisotopic (exact) mass is 589 g/mol. The molecule has 210 valence electrons. The van der Waals surface area contributed by atoms with Gasteiger partial charge in [0.05, 0.1) is 17.6 Å².